The van der Waals surface area contributed by atoms with Crippen LogP contribution in [-0.2, 0) is 7.05 Å². The van der Waals surface area contributed by atoms with Crippen molar-refractivity contribution in [2.24, 2.45) is 7.05 Å². The first kappa shape index (κ1) is 28.7. The zero-order valence-corrected chi connectivity index (χ0v) is 25.9. The molecule has 0 bridgehead atoms. The number of hydrogen-bond acceptors (Lipinski definition) is 7. The van der Waals surface area contributed by atoms with E-state index in [1.165, 1.54) is 18.5 Å². The van der Waals surface area contributed by atoms with Crippen molar-refractivity contribution >= 4 is 34.2 Å². The van der Waals surface area contributed by atoms with Crippen LogP contribution in [-0.4, -0.2) is 72.1 Å². The van der Waals surface area contributed by atoms with Gasteiger partial charge in [0.1, 0.15) is 17.0 Å². The van der Waals surface area contributed by atoms with Crippen LogP contribution in [0.1, 0.15) is 26.7 Å². The molecule has 9 heteroatoms. The van der Waals surface area contributed by atoms with Crippen molar-refractivity contribution in [3.05, 3.63) is 71.3 Å². The lowest BCUT2D eigenvalue weighted by atomic mass is 10.0. The first-order valence-corrected chi connectivity index (χ1v) is 16.1. The predicted molar refractivity (Wildman–Crippen MR) is 176 cm³/mol. The molecule has 4 aromatic rings. The highest BCUT2D eigenvalue weighted by molar-refractivity contribution is 8.01. The van der Waals surface area contributed by atoms with E-state index in [-0.39, 0.29) is 5.56 Å². The highest BCUT2D eigenvalue weighted by atomic mass is 32.2. The first-order chi connectivity index (χ1) is 20.5. The van der Waals surface area contributed by atoms with Gasteiger partial charge in [0, 0.05) is 111 Å². The number of benzene rings is 2. The maximum Gasteiger partial charge on any atom is 0.274 e. The molecule has 1 saturated carbocycles. The van der Waals surface area contributed by atoms with Crippen LogP contribution in [0.15, 0.2) is 65.7 Å². The number of fused-ring (bicyclic) bond motifs is 1. The smallest absolute Gasteiger partial charge is 0.274 e. The highest BCUT2D eigenvalue weighted by Crippen LogP contribution is 2.43. The van der Waals surface area contributed by atoms with Gasteiger partial charge in [-0.15, -0.1) is 0 Å². The van der Waals surface area contributed by atoms with Gasteiger partial charge in [-0.25, -0.2) is 0 Å². The Bertz CT molecular complexity index is 1580. The number of nitrogens with one attached hydrogen (secondary N) is 2. The number of piperazine rings is 1. The number of aromatic nitrogens is 2. The fourth-order valence-corrected chi connectivity index (χ4v) is 6.80. The van der Waals surface area contributed by atoms with Crippen LogP contribution in [0.2, 0.25) is 0 Å². The lowest BCUT2D eigenvalue weighted by Gasteiger charge is -2.48. The van der Waals surface area contributed by atoms with Gasteiger partial charge in [0.25, 0.3) is 5.56 Å². The molecule has 4 heterocycles. The Labute approximate surface area is 252 Å². The molecule has 1 aliphatic carbocycles. The van der Waals surface area contributed by atoms with E-state index in [1.54, 1.807) is 11.6 Å². The third-order valence-electron chi connectivity index (χ3n) is 8.28. The Kier molecular flexibility index (Phi) is 8.51. The molecular weight excluding hydrogens is 544 g/mol. The minimum Gasteiger partial charge on any atom is -0.457 e. The van der Waals surface area contributed by atoms with Gasteiger partial charge >= 0.3 is 0 Å². The van der Waals surface area contributed by atoms with Gasteiger partial charge < -0.3 is 28.8 Å². The summed E-state index contributed by atoms with van der Waals surface area (Å²) in [6.07, 6.45) is 6.30. The van der Waals surface area contributed by atoms with E-state index in [0.717, 1.165) is 73.0 Å². The Morgan fingerprint density at radius 3 is 2.55 bits per heavy atom. The summed E-state index contributed by atoms with van der Waals surface area (Å²) in [5, 5.41) is 5.05. The van der Waals surface area contributed by atoms with Crippen molar-refractivity contribution in [1.82, 2.24) is 19.8 Å². The van der Waals surface area contributed by atoms with Crippen LogP contribution in [0, 0.1) is 0 Å². The molecule has 0 spiro atoms. The molecule has 2 saturated heterocycles. The number of aryl methyl sites for hydroxylation is 1. The zero-order valence-electron chi connectivity index (χ0n) is 25.1. The third-order valence-corrected chi connectivity index (χ3v) is 9.58. The van der Waals surface area contributed by atoms with E-state index in [4.69, 9.17) is 4.74 Å². The molecule has 2 N–H and O–H groups in total. The Morgan fingerprint density at radius 2 is 1.79 bits per heavy atom. The molecule has 2 aliphatic heterocycles. The summed E-state index contributed by atoms with van der Waals surface area (Å²) in [6, 6.07) is 17.4. The van der Waals surface area contributed by atoms with E-state index in [9.17, 15) is 4.79 Å². The summed E-state index contributed by atoms with van der Waals surface area (Å²) in [5.41, 5.74) is 4.82. The minimum atomic E-state index is -0.0369. The average molecular weight is 587 g/mol. The summed E-state index contributed by atoms with van der Waals surface area (Å²) in [7, 11) is 3.93. The molecule has 42 heavy (non-hydrogen) atoms. The SMILES string of the molecule is CC.CN(SC1CC1)c1ccc(Oc2cccc(N3CC(N4CCNCC4)C3)c2)c(-c2cn(C)c(=O)c3[nH]ccc23)c1. The van der Waals surface area contributed by atoms with Crippen molar-refractivity contribution in [3.8, 4) is 22.6 Å². The van der Waals surface area contributed by atoms with Crippen LogP contribution in [0.3, 0.4) is 0 Å². The van der Waals surface area contributed by atoms with Crippen LogP contribution in [0.5, 0.6) is 11.5 Å². The molecule has 0 unspecified atom stereocenters. The Morgan fingerprint density at radius 1 is 1.00 bits per heavy atom. The summed E-state index contributed by atoms with van der Waals surface area (Å²) in [5.74, 6) is 1.59. The van der Waals surface area contributed by atoms with Crippen molar-refractivity contribution in [2.45, 2.75) is 38.0 Å². The third kappa shape index (κ3) is 5.91. The average Bonchev–Trinajstić information content (AvgIpc) is 3.67. The van der Waals surface area contributed by atoms with E-state index in [2.05, 4.69) is 67.9 Å². The fourth-order valence-electron chi connectivity index (χ4n) is 5.77. The number of H-pyrrole nitrogens is 1. The van der Waals surface area contributed by atoms with E-state index in [1.807, 2.05) is 50.3 Å². The molecular formula is C33H42N6O2S. The molecule has 3 fully saturated rings. The summed E-state index contributed by atoms with van der Waals surface area (Å²) >= 11 is 1.89. The molecule has 2 aromatic heterocycles. The van der Waals surface area contributed by atoms with E-state index >= 15 is 0 Å². The van der Waals surface area contributed by atoms with Gasteiger partial charge in [0.05, 0.1) is 0 Å². The van der Waals surface area contributed by atoms with Crippen LogP contribution >= 0.6 is 11.9 Å². The van der Waals surface area contributed by atoms with Gasteiger partial charge in [-0.2, -0.15) is 0 Å². The number of ether oxygens (including phenoxy) is 1. The molecule has 2 aromatic carbocycles. The monoisotopic (exact) mass is 586 g/mol. The molecule has 3 aliphatic rings. The zero-order chi connectivity index (χ0) is 29.2. The molecule has 7 rings (SSSR count). The van der Waals surface area contributed by atoms with Gasteiger partial charge in [-0.1, -0.05) is 19.9 Å². The molecule has 222 valence electrons. The lowest BCUT2D eigenvalue weighted by Crippen LogP contribution is -2.62. The predicted octanol–water partition coefficient (Wildman–Crippen LogP) is 5.69. The standard InChI is InChI=1S/C31H36N6O2S.C2H6/c1-34-20-28(26-10-11-33-30(26)31(34)38)27-17-21(35(2)40-25-7-8-25)6-9-29(27)39-24-5-3-4-22(16-24)37-18-23(19-37)36-14-12-32-13-15-36;1-2/h3-6,9-11,16-17,20,23,25,32-33H,7-8,12-15,18-19H2,1-2H3;1-2H3. The van der Waals surface area contributed by atoms with Crippen molar-refractivity contribution in [3.63, 3.8) is 0 Å². The Hall–Kier alpha value is -3.40. The van der Waals surface area contributed by atoms with Crippen LogP contribution in [0.4, 0.5) is 11.4 Å². The summed E-state index contributed by atoms with van der Waals surface area (Å²) < 4.78 is 10.5. The largest absolute Gasteiger partial charge is 0.457 e. The second-order valence-corrected chi connectivity index (χ2v) is 12.6. The molecule has 0 amide bonds. The highest BCUT2D eigenvalue weighted by Gasteiger charge is 2.32. The minimum absolute atomic E-state index is 0.0369. The van der Waals surface area contributed by atoms with Gasteiger partial charge in [0.2, 0.25) is 0 Å². The maximum atomic E-state index is 12.8. The quantitative estimate of drug-likeness (QED) is 0.257. The number of nitrogens with zero attached hydrogens (tertiary/aromatic N) is 4. The molecule has 8 nitrogen and oxygen atoms in total. The second-order valence-electron chi connectivity index (χ2n) is 11.2. The number of rotatable bonds is 8. The fraction of sp³-hybridized carbons (Fsp3) is 0.424. The summed E-state index contributed by atoms with van der Waals surface area (Å²) in [4.78, 5) is 21.0. The number of aromatic amines is 1. The van der Waals surface area contributed by atoms with Crippen LogP contribution < -0.4 is 24.8 Å². The van der Waals surface area contributed by atoms with Gasteiger partial charge in [-0.3, -0.25) is 9.69 Å². The molecule has 0 radical (unpaired) electrons. The number of hydrogen-bond donors (Lipinski definition) is 2. The topological polar surface area (TPSA) is 68.8 Å². The second kappa shape index (κ2) is 12.5. The normalized spacial score (nSPS) is 17.5. The number of anilines is 2. The van der Waals surface area contributed by atoms with E-state index < -0.39 is 0 Å². The van der Waals surface area contributed by atoms with Gasteiger partial charge in [-0.05, 0) is 61.2 Å². The van der Waals surface area contributed by atoms with Crippen molar-refractivity contribution in [2.75, 3.05) is 55.5 Å². The Balaban J connectivity index is 0.00000155. The summed E-state index contributed by atoms with van der Waals surface area (Å²) in [6.45, 7) is 10.5. The van der Waals surface area contributed by atoms with Crippen molar-refractivity contribution in [1.29, 1.82) is 0 Å². The van der Waals surface area contributed by atoms with E-state index in [0.29, 0.717) is 16.8 Å². The van der Waals surface area contributed by atoms with Gasteiger partial charge in [0.15, 0.2) is 0 Å². The molecule has 0 atom stereocenters. The number of pyridine rings is 1. The van der Waals surface area contributed by atoms with Crippen molar-refractivity contribution < 1.29 is 4.74 Å². The lowest BCUT2D eigenvalue weighted by molar-refractivity contribution is 0.147. The van der Waals surface area contributed by atoms with Crippen LogP contribution in [0.25, 0.3) is 22.0 Å². The first-order valence-electron chi connectivity index (χ1n) is 15.2. The maximum absolute atomic E-state index is 12.8.